The first-order valence-electron chi connectivity index (χ1n) is 7.93. The number of nitrogens with zero attached hydrogens (tertiary/aromatic N) is 1. The van der Waals surface area contributed by atoms with Crippen molar-refractivity contribution >= 4 is 16.0 Å². The van der Waals surface area contributed by atoms with Gasteiger partial charge >= 0.3 is 5.97 Å². The summed E-state index contributed by atoms with van der Waals surface area (Å²) in [5.41, 5.74) is -0.693. The third-order valence-electron chi connectivity index (χ3n) is 4.77. The summed E-state index contributed by atoms with van der Waals surface area (Å²) in [7, 11) is -3.17. The van der Waals surface area contributed by atoms with E-state index >= 15 is 0 Å². The zero-order chi connectivity index (χ0) is 16.1. The van der Waals surface area contributed by atoms with Gasteiger partial charge < -0.3 is 5.11 Å². The Morgan fingerprint density at radius 2 is 2.05 bits per heavy atom. The van der Waals surface area contributed by atoms with Crippen LogP contribution in [0.5, 0.6) is 0 Å². The molecule has 1 rings (SSSR count). The lowest BCUT2D eigenvalue weighted by Gasteiger charge is -2.37. The molecule has 1 aliphatic rings. The fourth-order valence-corrected chi connectivity index (χ4v) is 4.27. The first-order valence-corrected chi connectivity index (χ1v) is 9.78. The van der Waals surface area contributed by atoms with Gasteiger partial charge in [-0.15, -0.1) is 0 Å². The minimum Gasteiger partial charge on any atom is -0.481 e. The van der Waals surface area contributed by atoms with Crippen LogP contribution in [-0.4, -0.2) is 43.1 Å². The summed E-state index contributed by atoms with van der Waals surface area (Å²) in [6.45, 7) is 5.03. The molecule has 2 unspecified atom stereocenters. The van der Waals surface area contributed by atoms with Crippen molar-refractivity contribution in [2.45, 2.75) is 58.8 Å². The number of hydrogen-bond acceptors (Lipinski definition) is 3. The minimum absolute atomic E-state index is 0.154. The second-order valence-electron chi connectivity index (χ2n) is 6.38. The predicted octanol–water partition coefficient (Wildman–Crippen LogP) is 2.72. The molecule has 1 aliphatic heterocycles. The summed E-state index contributed by atoms with van der Waals surface area (Å²) in [6.07, 6.45) is 6.75. The molecule has 0 spiro atoms. The van der Waals surface area contributed by atoms with Gasteiger partial charge in [-0.25, -0.2) is 12.7 Å². The number of carboxylic acid groups (broad SMARTS) is 1. The summed E-state index contributed by atoms with van der Waals surface area (Å²) < 4.78 is 24.9. The monoisotopic (exact) mass is 319 g/mol. The number of piperidine rings is 1. The van der Waals surface area contributed by atoms with E-state index in [0.717, 1.165) is 25.7 Å². The van der Waals surface area contributed by atoms with E-state index in [0.29, 0.717) is 32.4 Å². The highest BCUT2D eigenvalue weighted by Gasteiger charge is 2.39. The first-order chi connectivity index (χ1) is 9.75. The third-order valence-corrected chi connectivity index (χ3v) is 6.04. The zero-order valence-corrected chi connectivity index (χ0v) is 14.3. The van der Waals surface area contributed by atoms with E-state index in [4.69, 9.17) is 0 Å². The zero-order valence-electron chi connectivity index (χ0n) is 13.5. The van der Waals surface area contributed by atoms with Crippen LogP contribution < -0.4 is 0 Å². The quantitative estimate of drug-likeness (QED) is 0.746. The number of carboxylic acids is 1. The van der Waals surface area contributed by atoms with Gasteiger partial charge in [-0.05, 0) is 38.0 Å². The van der Waals surface area contributed by atoms with Gasteiger partial charge in [0.1, 0.15) is 0 Å². The molecule has 1 heterocycles. The SMILES string of the molecule is CCCCC(CC)(CC1CCCN(S(C)(=O)=O)C1)C(=O)O. The van der Waals surface area contributed by atoms with Crippen LogP contribution in [0.3, 0.4) is 0 Å². The number of rotatable bonds is 8. The molecule has 0 aromatic carbocycles. The van der Waals surface area contributed by atoms with E-state index in [1.54, 1.807) is 0 Å². The van der Waals surface area contributed by atoms with Gasteiger partial charge in [-0.1, -0.05) is 26.7 Å². The highest BCUT2D eigenvalue weighted by Crippen LogP contribution is 2.39. The average Bonchev–Trinajstić information content (AvgIpc) is 2.42. The molecular weight excluding hydrogens is 290 g/mol. The van der Waals surface area contributed by atoms with Crippen molar-refractivity contribution in [3.8, 4) is 0 Å². The number of unbranched alkanes of at least 4 members (excludes halogenated alkanes) is 1. The van der Waals surface area contributed by atoms with Crippen molar-refractivity contribution in [1.29, 1.82) is 0 Å². The van der Waals surface area contributed by atoms with Crippen molar-refractivity contribution in [2.24, 2.45) is 11.3 Å². The van der Waals surface area contributed by atoms with Gasteiger partial charge in [0, 0.05) is 13.1 Å². The van der Waals surface area contributed by atoms with E-state index in [1.807, 2.05) is 6.92 Å². The number of aliphatic carboxylic acids is 1. The van der Waals surface area contributed by atoms with Crippen LogP contribution in [0.2, 0.25) is 0 Å². The van der Waals surface area contributed by atoms with E-state index < -0.39 is 21.4 Å². The molecule has 5 nitrogen and oxygen atoms in total. The molecule has 6 heteroatoms. The van der Waals surface area contributed by atoms with Gasteiger partial charge in [-0.3, -0.25) is 4.79 Å². The topological polar surface area (TPSA) is 74.7 Å². The van der Waals surface area contributed by atoms with Crippen LogP contribution in [0.25, 0.3) is 0 Å². The summed E-state index contributed by atoms with van der Waals surface area (Å²) in [4.78, 5) is 11.8. The fraction of sp³-hybridized carbons (Fsp3) is 0.933. The third kappa shape index (κ3) is 4.95. The molecule has 0 aliphatic carbocycles. The summed E-state index contributed by atoms with van der Waals surface area (Å²) in [5.74, 6) is -0.573. The molecule has 0 radical (unpaired) electrons. The molecule has 1 N–H and O–H groups in total. The second-order valence-corrected chi connectivity index (χ2v) is 8.36. The maximum absolute atomic E-state index is 11.8. The minimum atomic E-state index is -3.17. The number of sulfonamides is 1. The van der Waals surface area contributed by atoms with Crippen LogP contribution in [0.1, 0.15) is 58.8 Å². The molecule has 0 aromatic rings. The lowest BCUT2D eigenvalue weighted by molar-refractivity contribution is -0.151. The Hall–Kier alpha value is -0.620. The molecule has 2 atom stereocenters. The fourth-order valence-electron chi connectivity index (χ4n) is 3.33. The smallest absolute Gasteiger partial charge is 0.309 e. The highest BCUT2D eigenvalue weighted by molar-refractivity contribution is 7.88. The first kappa shape index (κ1) is 18.4. The van der Waals surface area contributed by atoms with Gasteiger partial charge in [0.05, 0.1) is 11.7 Å². The van der Waals surface area contributed by atoms with Crippen molar-refractivity contribution in [3.05, 3.63) is 0 Å². The largest absolute Gasteiger partial charge is 0.481 e. The molecule has 124 valence electrons. The number of hydrogen-bond donors (Lipinski definition) is 1. The van der Waals surface area contributed by atoms with E-state index in [-0.39, 0.29) is 5.92 Å². The van der Waals surface area contributed by atoms with Crippen LogP contribution >= 0.6 is 0 Å². The highest BCUT2D eigenvalue weighted by atomic mass is 32.2. The van der Waals surface area contributed by atoms with E-state index in [9.17, 15) is 18.3 Å². The lowest BCUT2D eigenvalue weighted by atomic mass is 9.72. The van der Waals surface area contributed by atoms with Gasteiger partial charge in [0.25, 0.3) is 0 Å². The molecule has 1 fully saturated rings. The Bertz CT molecular complexity index is 449. The van der Waals surface area contributed by atoms with Gasteiger partial charge in [0.2, 0.25) is 10.0 Å². The van der Waals surface area contributed by atoms with Crippen LogP contribution in [0, 0.1) is 11.3 Å². The molecule has 0 aromatic heterocycles. The van der Waals surface area contributed by atoms with Crippen molar-refractivity contribution in [3.63, 3.8) is 0 Å². The summed E-state index contributed by atoms with van der Waals surface area (Å²) >= 11 is 0. The Kier molecular flexibility index (Phi) is 6.66. The Labute approximate surface area is 128 Å². The average molecular weight is 319 g/mol. The maximum atomic E-state index is 11.8. The van der Waals surface area contributed by atoms with Crippen LogP contribution in [0.15, 0.2) is 0 Å². The van der Waals surface area contributed by atoms with Gasteiger partial charge in [0.15, 0.2) is 0 Å². The van der Waals surface area contributed by atoms with Crippen molar-refractivity contribution in [2.75, 3.05) is 19.3 Å². The second kappa shape index (κ2) is 7.58. The molecule has 21 heavy (non-hydrogen) atoms. The molecular formula is C15H29NO4S. The molecule has 0 amide bonds. The van der Waals surface area contributed by atoms with E-state index in [1.165, 1.54) is 10.6 Å². The Morgan fingerprint density at radius 3 is 2.52 bits per heavy atom. The normalized spacial score (nSPS) is 23.7. The lowest BCUT2D eigenvalue weighted by Crippen LogP contribution is -2.42. The molecule has 0 bridgehead atoms. The van der Waals surface area contributed by atoms with Crippen molar-refractivity contribution in [1.82, 2.24) is 4.31 Å². The van der Waals surface area contributed by atoms with Crippen LogP contribution in [0.4, 0.5) is 0 Å². The standard InChI is InChI=1S/C15H29NO4S/c1-4-6-9-15(5-2,14(17)18)11-13-8-7-10-16(12-13)21(3,19)20/h13H,4-12H2,1-3H3,(H,17,18). The van der Waals surface area contributed by atoms with Gasteiger partial charge in [-0.2, -0.15) is 0 Å². The van der Waals surface area contributed by atoms with Crippen LogP contribution in [-0.2, 0) is 14.8 Å². The Morgan fingerprint density at radius 1 is 1.38 bits per heavy atom. The maximum Gasteiger partial charge on any atom is 0.309 e. The molecule has 0 saturated carbocycles. The van der Waals surface area contributed by atoms with Crippen molar-refractivity contribution < 1.29 is 18.3 Å². The summed E-state index contributed by atoms with van der Waals surface area (Å²) in [6, 6.07) is 0. The Balaban J connectivity index is 2.80. The number of carbonyl (C=O) groups is 1. The van der Waals surface area contributed by atoms with E-state index in [2.05, 4.69) is 6.92 Å². The summed E-state index contributed by atoms with van der Waals surface area (Å²) in [5, 5.41) is 9.67. The molecule has 1 saturated heterocycles. The predicted molar refractivity (Wildman–Crippen MR) is 83.6 cm³/mol.